The van der Waals surface area contributed by atoms with Gasteiger partial charge in [0.15, 0.2) is 6.17 Å². The molecule has 9 aromatic rings. The monoisotopic (exact) mass is 635 g/mol. The summed E-state index contributed by atoms with van der Waals surface area (Å²) in [6.07, 6.45) is 1.18. The highest BCUT2D eigenvalue weighted by atomic mass is 32.1. The van der Waals surface area contributed by atoms with Gasteiger partial charge in [-0.15, -0.1) is 11.3 Å². The predicted octanol–water partition coefficient (Wildman–Crippen LogP) is 10.2. The van der Waals surface area contributed by atoms with Crippen LogP contribution < -0.4 is 5.73 Å². The summed E-state index contributed by atoms with van der Waals surface area (Å²) in [6.45, 7) is 0. The van der Waals surface area contributed by atoms with E-state index in [1.807, 2.05) is 84.3 Å². The van der Waals surface area contributed by atoms with Gasteiger partial charge >= 0.3 is 0 Å². The van der Waals surface area contributed by atoms with Gasteiger partial charge in [0.25, 0.3) is 0 Å². The van der Waals surface area contributed by atoms with Gasteiger partial charge in [-0.2, -0.15) is 0 Å². The normalized spacial score (nSPS) is 13.0. The number of pyridine rings is 1. The van der Waals surface area contributed by atoms with Gasteiger partial charge in [0, 0.05) is 38.0 Å². The fourth-order valence-corrected chi connectivity index (χ4v) is 7.94. The fourth-order valence-electron chi connectivity index (χ4n) is 6.70. The molecule has 0 radical (unpaired) electrons. The maximum atomic E-state index is 6.79. The summed E-state index contributed by atoms with van der Waals surface area (Å²) >= 11 is 1.83. The van der Waals surface area contributed by atoms with Crippen LogP contribution in [0.25, 0.3) is 58.6 Å². The topological polar surface area (TPSA) is 68.6 Å². The number of para-hydroxylation sites is 1. The van der Waals surface area contributed by atoms with Gasteiger partial charge in [-0.05, 0) is 40.6 Å². The molecule has 0 aliphatic rings. The van der Waals surface area contributed by atoms with Crippen molar-refractivity contribution in [2.24, 2.45) is 15.7 Å². The lowest BCUT2D eigenvalue weighted by Crippen LogP contribution is -2.16. The van der Waals surface area contributed by atoms with Crippen LogP contribution in [0.1, 0.15) is 23.0 Å². The Morgan fingerprint density at radius 2 is 1.35 bits per heavy atom. The molecular formula is C42H29N5S. The highest BCUT2D eigenvalue weighted by molar-refractivity contribution is 7.26. The third-order valence-electron chi connectivity index (χ3n) is 8.92. The van der Waals surface area contributed by atoms with Crippen molar-refractivity contribution in [3.63, 3.8) is 0 Å². The van der Waals surface area contributed by atoms with E-state index in [9.17, 15) is 0 Å². The molecule has 0 aliphatic carbocycles. The Hall–Kier alpha value is -6.11. The molecule has 1 atom stereocenters. The summed E-state index contributed by atoms with van der Waals surface area (Å²) in [5.41, 5.74) is 11.6. The molecule has 0 aliphatic heterocycles. The Morgan fingerprint density at radius 1 is 0.646 bits per heavy atom. The molecule has 0 saturated carbocycles. The molecule has 9 rings (SSSR count). The van der Waals surface area contributed by atoms with E-state index in [0.717, 1.165) is 38.8 Å². The maximum absolute atomic E-state index is 6.79. The molecule has 0 bridgehead atoms. The number of rotatable bonds is 6. The standard InChI is InChI=1S/C42H29N5S/c43-41(34-19-10-15-28-14-4-5-16-29(28)34)46-42(44-26-27-12-2-1-3-13-27)35-20-11-23-38(45-35)47-36-21-8-6-17-30(36)32-24-25-33-31-18-7-9-22-37(31)48-40(33)39(32)47/h1-26,42H,(H2,43,46)/b44-26+. The molecule has 0 spiro atoms. The van der Waals surface area contributed by atoms with Gasteiger partial charge in [0.1, 0.15) is 11.7 Å². The molecular weight excluding hydrogens is 607 g/mol. The van der Waals surface area contributed by atoms with Crippen LogP contribution in [0.3, 0.4) is 0 Å². The summed E-state index contributed by atoms with van der Waals surface area (Å²) < 4.78 is 4.81. The maximum Gasteiger partial charge on any atom is 0.184 e. The largest absolute Gasteiger partial charge is 0.383 e. The predicted molar refractivity (Wildman–Crippen MR) is 203 cm³/mol. The van der Waals surface area contributed by atoms with E-state index in [4.69, 9.17) is 20.7 Å². The van der Waals surface area contributed by atoms with Gasteiger partial charge in [-0.1, -0.05) is 127 Å². The number of amidine groups is 1. The van der Waals surface area contributed by atoms with Crippen LogP contribution in [0.2, 0.25) is 0 Å². The van der Waals surface area contributed by atoms with Crippen molar-refractivity contribution in [2.45, 2.75) is 6.17 Å². The second-order valence-electron chi connectivity index (χ2n) is 11.8. The highest BCUT2D eigenvalue weighted by Crippen LogP contribution is 2.42. The first-order chi connectivity index (χ1) is 23.7. The number of aromatic nitrogens is 2. The number of hydrogen-bond acceptors (Lipinski definition) is 4. The molecule has 0 saturated heterocycles. The SMILES string of the molecule is N/C(=N\C(/N=C/c1ccccc1)c1cccc(-n2c3ccccc3c3ccc4c5ccccc5sc4c32)n1)c1cccc2ccccc12. The van der Waals surface area contributed by atoms with Crippen molar-refractivity contribution in [3.8, 4) is 5.82 Å². The van der Waals surface area contributed by atoms with Crippen LogP contribution in [0.5, 0.6) is 0 Å². The van der Waals surface area contributed by atoms with Crippen molar-refractivity contribution >= 4 is 76.1 Å². The van der Waals surface area contributed by atoms with E-state index in [1.165, 1.54) is 30.9 Å². The van der Waals surface area contributed by atoms with Crippen LogP contribution in [0.4, 0.5) is 0 Å². The first-order valence-corrected chi connectivity index (χ1v) is 16.7. The molecule has 1 unspecified atom stereocenters. The number of nitrogens with two attached hydrogens (primary N) is 1. The van der Waals surface area contributed by atoms with E-state index in [1.54, 1.807) is 0 Å². The molecule has 0 fully saturated rings. The number of nitrogens with zero attached hydrogens (tertiary/aromatic N) is 4. The number of aliphatic imine (C=N–C) groups is 2. The summed E-state index contributed by atoms with van der Waals surface area (Å²) in [7, 11) is 0. The van der Waals surface area contributed by atoms with Crippen LogP contribution in [0.15, 0.2) is 162 Å². The first-order valence-electron chi connectivity index (χ1n) is 15.9. The van der Waals surface area contributed by atoms with E-state index in [2.05, 4.69) is 89.5 Å². The van der Waals surface area contributed by atoms with Crippen molar-refractivity contribution in [2.75, 3.05) is 0 Å². The Balaban J connectivity index is 1.25. The number of thiophene rings is 1. The Labute approximate surface area is 281 Å². The highest BCUT2D eigenvalue weighted by Gasteiger charge is 2.20. The number of hydrogen-bond donors (Lipinski definition) is 1. The summed E-state index contributed by atoms with van der Waals surface area (Å²) in [5, 5.41) is 7.07. The Kier molecular flexibility index (Phi) is 6.80. The van der Waals surface area contributed by atoms with Gasteiger partial charge < -0.3 is 5.73 Å². The third kappa shape index (κ3) is 4.73. The molecule has 3 aromatic heterocycles. The van der Waals surface area contributed by atoms with E-state index in [0.29, 0.717) is 11.5 Å². The van der Waals surface area contributed by atoms with Crippen molar-refractivity contribution < 1.29 is 0 Å². The Bertz CT molecular complexity index is 2700. The molecule has 48 heavy (non-hydrogen) atoms. The van der Waals surface area contributed by atoms with Crippen LogP contribution >= 0.6 is 11.3 Å². The van der Waals surface area contributed by atoms with E-state index >= 15 is 0 Å². The minimum atomic E-state index is -0.665. The van der Waals surface area contributed by atoms with Crippen molar-refractivity contribution in [1.82, 2.24) is 9.55 Å². The van der Waals surface area contributed by atoms with Crippen molar-refractivity contribution in [1.29, 1.82) is 0 Å². The minimum Gasteiger partial charge on any atom is -0.383 e. The Morgan fingerprint density at radius 3 is 2.25 bits per heavy atom. The summed E-state index contributed by atoms with van der Waals surface area (Å²) in [6, 6.07) is 52.1. The summed E-state index contributed by atoms with van der Waals surface area (Å²) in [5.74, 6) is 1.22. The molecule has 228 valence electrons. The molecule has 3 heterocycles. The van der Waals surface area contributed by atoms with Crippen LogP contribution in [0, 0.1) is 0 Å². The van der Waals surface area contributed by atoms with Crippen molar-refractivity contribution in [3.05, 3.63) is 168 Å². The molecule has 0 amide bonds. The number of benzene rings is 6. The zero-order chi connectivity index (χ0) is 32.0. The number of fused-ring (bicyclic) bond motifs is 8. The zero-order valence-electron chi connectivity index (χ0n) is 25.9. The lowest BCUT2D eigenvalue weighted by atomic mass is 10.0. The van der Waals surface area contributed by atoms with Gasteiger partial charge in [-0.25, -0.2) is 9.98 Å². The second kappa shape index (κ2) is 11.6. The molecule has 5 nitrogen and oxygen atoms in total. The summed E-state index contributed by atoms with van der Waals surface area (Å²) in [4.78, 5) is 15.3. The third-order valence-corrected chi connectivity index (χ3v) is 10.1. The quantitative estimate of drug-likeness (QED) is 0.146. The molecule has 6 heteroatoms. The fraction of sp³-hybridized carbons (Fsp3) is 0.0238. The average Bonchev–Trinajstić information content (AvgIpc) is 3.69. The lowest BCUT2D eigenvalue weighted by molar-refractivity contribution is 0.745. The molecule has 2 N–H and O–H groups in total. The lowest BCUT2D eigenvalue weighted by Gasteiger charge is -2.14. The van der Waals surface area contributed by atoms with Gasteiger partial charge in [-0.3, -0.25) is 9.56 Å². The average molecular weight is 636 g/mol. The van der Waals surface area contributed by atoms with Gasteiger partial charge in [0.2, 0.25) is 0 Å². The first kappa shape index (κ1) is 28.1. The van der Waals surface area contributed by atoms with Gasteiger partial charge in [0.05, 0.1) is 21.4 Å². The smallest absolute Gasteiger partial charge is 0.184 e. The van der Waals surface area contributed by atoms with Crippen LogP contribution in [-0.4, -0.2) is 21.6 Å². The zero-order valence-corrected chi connectivity index (χ0v) is 26.7. The van der Waals surface area contributed by atoms with E-state index in [-0.39, 0.29) is 0 Å². The second-order valence-corrected chi connectivity index (χ2v) is 12.9. The van der Waals surface area contributed by atoms with E-state index < -0.39 is 6.17 Å². The minimum absolute atomic E-state index is 0.415. The molecule has 6 aromatic carbocycles. The van der Waals surface area contributed by atoms with Crippen LogP contribution in [-0.2, 0) is 0 Å².